The lowest BCUT2D eigenvalue weighted by Crippen LogP contribution is -2.22. The van der Waals surface area contributed by atoms with Gasteiger partial charge in [0, 0.05) is 6.61 Å². The molecule has 0 aliphatic rings. The second-order valence-corrected chi connectivity index (χ2v) is 2.38. The molecule has 0 saturated heterocycles. The highest BCUT2D eigenvalue weighted by Crippen LogP contribution is 1.91. The van der Waals surface area contributed by atoms with Crippen LogP contribution in [0.2, 0.25) is 0 Å². The van der Waals surface area contributed by atoms with Crippen LogP contribution in [0.5, 0.6) is 0 Å². The van der Waals surface area contributed by atoms with E-state index in [4.69, 9.17) is 0 Å². The molecule has 0 N–H and O–H groups in total. The van der Waals surface area contributed by atoms with Gasteiger partial charge >= 0.3 is 10.4 Å². The molecule has 0 aromatic heterocycles. The Morgan fingerprint density at radius 3 is 2.73 bits per heavy atom. The second-order valence-electron chi connectivity index (χ2n) is 1.37. The highest BCUT2D eigenvalue weighted by molar-refractivity contribution is 7.85. The van der Waals surface area contributed by atoms with E-state index in [1.165, 1.54) is 6.08 Å². The molecule has 0 aromatic carbocycles. The van der Waals surface area contributed by atoms with Gasteiger partial charge in [-0.1, -0.05) is 9.96 Å². The summed E-state index contributed by atoms with van der Waals surface area (Å²) in [5.41, 5.74) is 0. The lowest BCUT2D eigenvalue weighted by molar-refractivity contribution is -0.248. The van der Waals surface area contributed by atoms with Gasteiger partial charge in [-0.2, -0.15) is 8.42 Å². The lowest BCUT2D eigenvalue weighted by atomic mass is 10.7. The molecule has 0 rings (SSSR count). The van der Waals surface area contributed by atoms with Crippen LogP contribution in [-0.2, 0) is 15.1 Å². The monoisotopic (exact) mass is 182 g/mol. The van der Waals surface area contributed by atoms with Crippen LogP contribution in [-0.4, -0.2) is 21.1 Å². The zero-order valence-electron chi connectivity index (χ0n) is 5.36. The third-order valence-electron chi connectivity index (χ3n) is 0.508. The average Bonchev–Trinajstić information content (AvgIpc) is 1.79. The second kappa shape index (κ2) is 3.91. The predicted molar refractivity (Wildman–Crippen MR) is 33.6 cm³/mol. The van der Waals surface area contributed by atoms with Crippen LogP contribution >= 0.6 is 0 Å². The highest BCUT2D eigenvalue weighted by atomic mass is 32.3. The Morgan fingerprint density at radius 2 is 2.36 bits per heavy atom. The minimum atomic E-state index is -5.14. The summed E-state index contributed by atoms with van der Waals surface area (Å²) in [4.78, 5) is 0. The van der Waals surface area contributed by atoms with Crippen LogP contribution < -0.4 is 5.11 Å². The topological polar surface area (TPSA) is 78.8 Å². The molecule has 0 aliphatic carbocycles. The van der Waals surface area contributed by atoms with Gasteiger partial charge in [0.15, 0.2) is 6.08 Å². The first kappa shape index (κ1) is 9.89. The molecule has 0 heterocycles. The minimum Gasteiger partial charge on any atom is -0.595 e. The van der Waals surface area contributed by atoms with E-state index in [1.54, 1.807) is 0 Å². The Labute approximate surface area is 63.2 Å². The average molecular weight is 182 g/mol. The van der Waals surface area contributed by atoms with Crippen LogP contribution in [0.15, 0.2) is 17.1 Å². The first-order chi connectivity index (χ1) is 4.95. The first-order valence-corrected chi connectivity index (χ1v) is 3.75. The molecule has 0 unspecified atom stereocenters. The van der Waals surface area contributed by atoms with Crippen LogP contribution in [0.4, 0.5) is 3.89 Å². The molecular weight excluding hydrogens is 177 g/mol. The van der Waals surface area contributed by atoms with Crippen LogP contribution in [0.3, 0.4) is 0 Å². The summed E-state index contributed by atoms with van der Waals surface area (Å²) in [5, 5.41) is 10.2. The van der Waals surface area contributed by atoms with E-state index in [0.29, 0.717) is 0 Å². The van der Waals surface area contributed by atoms with Crippen molar-refractivity contribution < 1.29 is 22.1 Å². The van der Waals surface area contributed by atoms with Crippen molar-refractivity contribution in [2.45, 2.75) is 0 Å². The smallest absolute Gasteiger partial charge is 0.419 e. The number of hydrogen-bond donors (Lipinski definition) is 0. The molecule has 0 aromatic rings. The molecule has 11 heavy (non-hydrogen) atoms. The zero-order chi connectivity index (χ0) is 8.91. The molecule has 0 fully saturated rings. The zero-order valence-corrected chi connectivity index (χ0v) is 6.17. The summed E-state index contributed by atoms with van der Waals surface area (Å²) in [6, 6.07) is 0. The Balaban J connectivity index is 4.12. The molecule has 0 atom stereocenters. The van der Waals surface area contributed by atoms with Crippen molar-refractivity contribution >= 4 is 16.5 Å². The summed E-state index contributed by atoms with van der Waals surface area (Å²) in [5.74, 6) is 0. The predicted octanol–water partition coefficient (Wildman–Crippen LogP) is -0.880. The van der Waals surface area contributed by atoms with Gasteiger partial charge in [-0.25, -0.2) is 0 Å². The molecule has 64 valence electrons. The van der Waals surface area contributed by atoms with Crippen molar-refractivity contribution in [1.82, 2.24) is 0 Å². The van der Waals surface area contributed by atoms with Gasteiger partial charge in [0.25, 0.3) is 0 Å². The molecular formula is C4H5FNO4S-. The van der Waals surface area contributed by atoms with Crippen molar-refractivity contribution in [3.8, 4) is 0 Å². The Morgan fingerprint density at radius 1 is 1.82 bits per heavy atom. The van der Waals surface area contributed by atoms with Crippen molar-refractivity contribution in [3.63, 3.8) is 0 Å². The van der Waals surface area contributed by atoms with Crippen molar-refractivity contribution in [3.05, 3.63) is 12.7 Å². The third kappa shape index (κ3) is 6.78. The summed E-state index contributed by atoms with van der Waals surface area (Å²) in [6.07, 6.45) is -0.300. The summed E-state index contributed by atoms with van der Waals surface area (Å²) < 4.78 is 36.9. The number of rotatable bonds is 3. The van der Waals surface area contributed by atoms with Gasteiger partial charge in [-0.05, 0) is 0 Å². The van der Waals surface area contributed by atoms with E-state index in [0.717, 1.165) is 0 Å². The fourth-order valence-corrected chi connectivity index (χ4v) is 0.476. The van der Waals surface area contributed by atoms with Gasteiger partial charge in [0.05, 0.1) is 0 Å². The number of hydrogen-bond acceptors (Lipinski definition) is 4. The molecule has 0 spiro atoms. The number of nitrogens with zero attached hydrogens (tertiary/aromatic N) is 1. The van der Waals surface area contributed by atoms with Gasteiger partial charge < -0.3 is 9.84 Å². The van der Waals surface area contributed by atoms with E-state index < -0.39 is 16.5 Å². The molecule has 0 bridgehead atoms. The van der Waals surface area contributed by atoms with Crippen LogP contribution in [0.25, 0.3) is 0 Å². The van der Waals surface area contributed by atoms with Crippen molar-refractivity contribution in [2.75, 3.05) is 6.61 Å². The van der Waals surface area contributed by atoms with Gasteiger partial charge in [0.1, 0.15) is 0 Å². The van der Waals surface area contributed by atoms with Gasteiger partial charge in [0.2, 0.25) is 0 Å². The van der Waals surface area contributed by atoms with Gasteiger partial charge in [-0.3, -0.25) is 0 Å². The molecule has 0 saturated carbocycles. The maximum Gasteiger partial charge on any atom is 0.419 e. The Hall–Kier alpha value is -1.11. The Kier molecular flexibility index (Phi) is 3.52. The largest absolute Gasteiger partial charge is 0.595 e. The molecule has 7 heteroatoms. The van der Waals surface area contributed by atoms with Gasteiger partial charge in [-0.15, -0.1) is 11.0 Å². The van der Waals surface area contributed by atoms with Crippen LogP contribution in [0.1, 0.15) is 0 Å². The maximum atomic E-state index is 11.5. The third-order valence-corrected chi connectivity index (χ3v) is 0.875. The maximum absolute atomic E-state index is 11.5. The number of ether oxygens (including phenoxy) is 1. The SMILES string of the molecule is C=CCO/C([O-])=N/S(=O)(=O)F. The molecule has 5 nitrogen and oxygen atoms in total. The van der Waals surface area contributed by atoms with E-state index >= 15 is 0 Å². The van der Waals surface area contributed by atoms with Crippen LogP contribution in [0, 0.1) is 0 Å². The summed E-state index contributed by atoms with van der Waals surface area (Å²) in [6.45, 7) is 2.96. The highest BCUT2D eigenvalue weighted by Gasteiger charge is 2.00. The quantitative estimate of drug-likeness (QED) is 0.246. The lowest BCUT2D eigenvalue weighted by Gasteiger charge is -2.08. The minimum absolute atomic E-state index is 0.210. The molecule has 0 amide bonds. The summed E-state index contributed by atoms with van der Waals surface area (Å²) in [7, 11) is -5.14. The van der Waals surface area contributed by atoms with Crippen molar-refractivity contribution in [1.29, 1.82) is 0 Å². The summed E-state index contributed by atoms with van der Waals surface area (Å²) >= 11 is 0. The fourth-order valence-electron chi connectivity index (χ4n) is 0.246. The molecule has 0 radical (unpaired) electrons. The number of halogens is 1. The standard InChI is InChI=1S/C4H6FNO4S/c1-2-3-10-4(7)6-11(5,8)9/h2H,1,3H2,(H,6,7)/p-1. The Bertz CT molecular complexity index is 257. The normalized spacial score (nSPS) is 12.6. The van der Waals surface area contributed by atoms with E-state index in [1.807, 2.05) is 4.40 Å². The van der Waals surface area contributed by atoms with E-state index in [9.17, 15) is 17.4 Å². The first-order valence-electron chi connectivity index (χ1n) is 2.41. The fraction of sp³-hybridized carbons (Fsp3) is 0.250. The van der Waals surface area contributed by atoms with E-state index in [2.05, 4.69) is 11.3 Å². The van der Waals surface area contributed by atoms with Crippen molar-refractivity contribution in [2.24, 2.45) is 4.40 Å². The molecule has 0 aliphatic heterocycles. The van der Waals surface area contributed by atoms with E-state index in [-0.39, 0.29) is 6.61 Å².